The van der Waals surface area contributed by atoms with Gasteiger partial charge in [-0.05, 0) is 36.8 Å². The van der Waals surface area contributed by atoms with Crippen molar-refractivity contribution < 1.29 is 8.42 Å². The van der Waals surface area contributed by atoms with Gasteiger partial charge >= 0.3 is 0 Å². The minimum Gasteiger partial charge on any atom is -0.388 e. The number of hydrogen-bond acceptors (Lipinski definition) is 3. The molecule has 0 heterocycles. The number of nitrogens with zero attached hydrogens (tertiary/aromatic N) is 1. The van der Waals surface area contributed by atoms with Crippen LogP contribution in [0.25, 0.3) is 0 Å². The average molecular weight is 304 g/mol. The van der Waals surface area contributed by atoms with Crippen LogP contribution < -0.4 is 5.32 Å². The molecule has 0 aliphatic rings. The van der Waals surface area contributed by atoms with Gasteiger partial charge in [-0.25, -0.2) is 8.42 Å². The van der Waals surface area contributed by atoms with Gasteiger partial charge in [0.15, 0.2) is 0 Å². The third kappa shape index (κ3) is 3.62. The normalized spacial score (nSPS) is 11.6. The molecule has 0 fully saturated rings. The average Bonchev–Trinajstić information content (AvgIpc) is 2.49. The van der Waals surface area contributed by atoms with Crippen molar-refractivity contribution >= 4 is 15.7 Å². The Hall–Kier alpha value is -1.85. The van der Waals surface area contributed by atoms with Gasteiger partial charge in [0, 0.05) is 26.3 Å². The highest BCUT2D eigenvalue weighted by atomic mass is 32.2. The second kappa shape index (κ2) is 6.28. The molecule has 2 aromatic rings. The van der Waals surface area contributed by atoms with E-state index in [0.29, 0.717) is 11.4 Å². The van der Waals surface area contributed by atoms with Crippen LogP contribution in [0.5, 0.6) is 0 Å². The number of nitrogens with one attached hydrogen (secondary N) is 1. The summed E-state index contributed by atoms with van der Waals surface area (Å²) in [7, 11) is -0.0697. The van der Waals surface area contributed by atoms with Gasteiger partial charge in [0.25, 0.3) is 0 Å². The van der Waals surface area contributed by atoms with Crippen molar-refractivity contribution in [1.82, 2.24) is 4.31 Å². The van der Waals surface area contributed by atoms with E-state index in [2.05, 4.69) is 5.32 Å². The maximum absolute atomic E-state index is 12.5. The first kappa shape index (κ1) is 15.5. The van der Waals surface area contributed by atoms with Crippen LogP contribution in [0.1, 0.15) is 11.1 Å². The summed E-state index contributed by atoms with van der Waals surface area (Å²) in [5.41, 5.74) is 3.01. The third-order valence-corrected chi connectivity index (χ3v) is 5.19. The molecular formula is C16H20N2O2S. The van der Waals surface area contributed by atoms with Crippen LogP contribution in [0.3, 0.4) is 0 Å². The van der Waals surface area contributed by atoms with E-state index in [1.165, 1.54) is 4.31 Å². The van der Waals surface area contributed by atoms with Gasteiger partial charge < -0.3 is 5.32 Å². The molecule has 0 saturated carbocycles. The summed E-state index contributed by atoms with van der Waals surface area (Å²) in [5.74, 6) is 0. The summed E-state index contributed by atoms with van der Waals surface area (Å²) in [6.07, 6.45) is 0. The van der Waals surface area contributed by atoms with E-state index in [1.54, 1.807) is 38.4 Å². The molecule has 2 aromatic carbocycles. The van der Waals surface area contributed by atoms with E-state index in [-0.39, 0.29) is 0 Å². The summed E-state index contributed by atoms with van der Waals surface area (Å²) in [4.78, 5) is 0.302. The molecule has 0 bridgehead atoms. The van der Waals surface area contributed by atoms with E-state index < -0.39 is 10.0 Å². The molecule has 0 radical (unpaired) electrons. The maximum Gasteiger partial charge on any atom is 0.243 e. The van der Waals surface area contributed by atoms with Crippen LogP contribution in [0, 0.1) is 6.92 Å². The summed E-state index contributed by atoms with van der Waals surface area (Å²) in [5, 5.41) is 2.97. The van der Waals surface area contributed by atoms with Crippen molar-refractivity contribution in [2.45, 2.75) is 18.4 Å². The maximum atomic E-state index is 12.5. The summed E-state index contributed by atoms with van der Waals surface area (Å²) in [6.45, 7) is 2.37. The van der Waals surface area contributed by atoms with Crippen LogP contribution >= 0.6 is 0 Å². The largest absolute Gasteiger partial charge is 0.388 e. The Morgan fingerprint density at radius 2 is 1.57 bits per heavy atom. The number of aryl methyl sites for hydroxylation is 1. The molecule has 0 aromatic heterocycles. The molecule has 21 heavy (non-hydrogen) atoms. The van der Waals surface area contributed by atoms with Crippen LogP contribution in [0.2, 0.25) is 0 Å². The Kier molecular flexibility index (Phi) is 4.65. The fraction of sp³-hybridized carbons (Fsp3) is 0.250. The topological polar surface area (TPSA) is 49.4 Å². The zero-order chi connectivity index (χ0) is 15.5. The highest BCUT2D eigenvalue weighted by molar-refractivity contribution is 7.89. The fourth-order valence-electron chi connectivity index (χ4n) is 2.01. The fourth-order valence-corrected chi connectivity index (χ4v) is 3.17. The molecule has 0 spiro atoms. The first-order valence-corrected chi connectivity index (χ1v) is 8.17. The number of benzene rings is 2. The van der Waals surface area contributed by atoms with Crippen molar-refractivity contribution in [2.75, 3.05) is 19.4 Å². The van der Waals surface area contributed by atoms with Crippen molar-refractivity contribution in [3.8, 4) is 0 Å². The van der Waals surface area contributed by atoms with Crippen molar-refractivity contribution in [1.29, 1.82) is 0 Å². The van der Waals surface area contributed by atoms with Crippen LogP contribution in [0.15, 0.2) is 53.4 Å². The van der Waals surface area contributed by atoms with Gasteiger partial charge in [0.05, 0.1) is 4.90 Å². The van der Waals surface area contributed by atoms with Gasteiger partial charge in [-0.1, -0.05) is 29.8 Å². The molecule has 0 aliphatic heterocycles. The minimum absolute atomic E-state index is 0.302. The van der Waals surface area contributed by atoms with Gasteiger partial charge in [-0.2, -0.15) is 4.31 Å². The Balaban J connectivity index is 2.19. The smallest absolute Gasteiger partial charge is 0.243 e. The Bertz CT molecular complexity index is 692. The lowest BCUT2D eigenvalue weighted by Crippen LogP contribution is -2.26. The lowest BCUT2D eigenvalue weighted by atomic mass is 10.1. The van der Waals surface area contributed by atoms with Crippen molar-refractivity contribution in [3.05, 3.63) is 59.7 Å². The van der Waals surface area contributed by atoms with Crippen LogP contribution in [-0.2, 0) is 16.6 Å². The molecule has 0 saturated heterocycles. The second-order valence-corrected chi connectivity index (χ2v) is 7.07. The lowest BCUT2D eigenvalue weighted by molar-refractivity contribution is 0.466. The van der Waals surface area contributed by atoms with E-state index in [9.17, 15) is 8.42 Å². The monoisotopic (exact) mass is 304 g/mol. The molecular weight excluding hydrogens is 284 g/mol. The number of sulfonamides is 1. The lowest BCUT2D eigenvalue weighted by Gasteiger charge is -2.17. The molecule has 0 aliphatic carbocycles. The van der Waals surface area contributed by atoms with Crippen molar-refractivity contribution in [2.24, 2.45) is 0 Å². The highest BCUT2D eigenvalue weighted by Crippen LogP contribution is 2.19. The summed E-state index contributed by atoms with van der Waals surface area (Å²) >= 11 is 0. The first-order chi connectivity index (χ1) is 9.93. The molecule has 0 unspecified atom stereocenters. The first-order valence-electron chi connectivity index (χ1n) is 6.73. The molecule has 2 rings (SSSR count). The molecule has 5 heteroatoms. The standard InChI is InChI=1S/C16H20N2O2S/c1-13-4-6-14(7-5-13)12-18(3)21(19,20)16-10-8-15(17-2)9-11-16/h4-11,17H,12H2,1-3H3. The van der Waals surface area contributed by atoms with E-state index in [4.69, 9.17) is 0 Å². The van der Waals surface area contributed by atoms with Gasteiger partial charge in [0.2, 0.25) is 10.0 Å². The second-order valence-electron chi connectivity index (χ2n) is 5.02. The zero-order valence-electron chi connectivity index (χ0n) is 12.5. The van der Waals surface area contributed by atoms with E-state index in [1.807, 2.05) is 31.2 Å². The molecule has 4 nitrogen and oxygen atoms in total. The molecule has 0 atom stereocenters. The van der Waals surface area contributed by atoms with E-state index in [0.717, 1.165) is 16.8 Å². The molecule has 112 valence electrons. The Labute approximate surface area is 126 Å². The SMILES string of the molecule is CNc1ccc(S(=O)(=O)N(C)Cc2ccc(C)cc2)cc1. The Morgan fingerprint density at radius 1 is 1.00 bits per heavy atom. The highest BCUT2D eigenvalue weighted by Gasteiger charge is 2.20. The van der Waals surface area contributed by atoms with Crippen LogP contribution in [-0.4, -0.2) is 26.8 Å². The van der Waals surface area contributed by atoms with E-state index >= 15 is 0 Å². The van der Waals surface area contributed by atoms with Crippen LogP contribution in [0.4, 0.5) is 5.69 Å². The van der Waals surface area contributed by atoms with Gasteiger partial charge in [-0.15, -0.1) is 0 Å². The zero-order valence-corrected chi connectivity index (χ0v) is 13.3. The summed E-state index contributed by atoms with van der Waals surface area (Å²) in [6, 6.07) is 14.6. The Morgan fingerprint density at radius 3 is 2.10 bits per heavy atom. The molecule has 1 N–H and O–H groups in total. The predicted octanol–water partition coefficient (Wildman–Crippen LogP) is 2.86. The van der Waals surface area contributed by atoms with Crippen molar-refractivity contribution in [3.63, 3.8) is 0 Å². The predicted molar refractivity (Wildman–Crippen MR) is 85.8 cm³/mol. The van der Waals surface area contributed by atoms with Gasteiger partial charge in [0.1, 0.15) is 0 Å². The number of rotatable bonds is 5. The van der Waals surface area contributed by atoms with Gasteiger partial charge in [-0.3, -0.25) is 0 Å². The third-order valence-electron chi connectivity index (χ3n) is 3.38. The minimum atomic E-state index is -3.47. The number of hydrogen-bond donors (Lipinski definition) is 1. The summed E-state index contributed by atoms with van der Waals surface area (Å²) < 4.78 is 26.4. The quantitative estimate of drug-likeness (QED) is 0.924. The number of anilines is 1. The molecule has 0 amide bonds.